The Labute approximate surface area is 104 Å². The molecule has 1 heterocycles. The van der Waals surface area contributed by atoms with E-state index in [0.717, 1.165) is 17.9 Å². The maximum atomic E-state index is 5.64. The summed E-state index contributed by atoms with van der Waals surface area (Å²) in [4.78, 5) is 0. The van der Waals surface area contributed by atoms with E-state index in [4.69, 9.17) is 4.74 Å². The molecular formula is C13H25NOS. The largest absolute Gasteiger partial charge is 0.378 e. The van der Waals surface area contributed by atoms with Crippen LogP contribution in [0.25, 0.3) is 0 Å². The maximum absolute atomic E-state index is 5.64. The molecule has 0 aromatic heterocycles. The summed E-state index contributed by atoms with van der Waals surface area (Å²) in [6.07, 6.45) is 12.1. The van der Waals surface area contributed by atoms with E-state index in [9.17, 15) is 0 Å². The lowest BCUT2D eigenvalue weighted by Gasteiger charge is -2.19. The molecule has 16 heavy (non-hydrogen) atoms. The van der Waals surface area contributed by atoms with Crippen LogP contribution in [0, 0.1) is 0 Å². The Kier molecular flexibility index (Phi) is 5.46. The van der Waals surface area contributed by atoms with Crippen LogP contribution in [0.5, 0.6) is 0 Å². The van der Waals surface area contributed by atoms with E-state index in [-0.39, 0.29) is 0 Å². The van der Waals surface area contributed by atoms with Gasteiger partial charge in [-0.15, -0.1) is 0 Å². The molecule has 1 aliphatic carbocycles. The van der Waals surface area contributed by atoms with Crippen LogP contribution in [0.1, 0.15) is 44.9 Å². The molecule has 2 nitrogen and oxygen atoms in total. The van der Waals surface area contributed by atoms with Crippen LogP contribution in [-0.2, 0) is 4.74 Å². The van der Waals surface area contributed by atoms with E-state index in [1.165, 1.54) is 51.5 Å². The van der Waals surface area contributed by atoms with E-state index in [1.54, 1.807) is 0 Å². The van der Waals surface area contributed by atoms with Crippen LogP contribution in [0.3, 0.4) is 0 Å². The highest BCUT2D eigenvalue weighted by atomic mass is 32.2. The Hall–Kier alpha value is 0.270. The molecule has 0 aromatic carbocycles. The summed E-state index contributed by atoms with van der Waals surface area (Å²) in [6.45, 7) is 2.18. The summed E-state index contributed by atoms with van der Waals surface area (Å²) in [5, 5.41) is 4.59. The van der Waals surface area contributed by atoms with Crippen molar-refractivity contribution in [3.63, 3.8) is 0 Å². The third kappa shape index (κ3) is 3.64. The summed E-state index contributed by atoms with van der Waals surface area (Å²) < 4.78 is 5.64. The Balaban J connectivity index is 1.53. The third-order valence-corrected chi connectivity index (χ3v) is 5.06. The first-order valence-electron chi connectivity index (χ1n) is 6.78. The monoisotopic (exact) mass is 243 g/mol. The quantitative estimate of drug-likeness (QED) is 0.725. The Bertz CT molecular complexity index is 194. The zero-order chi connectivity index (χ0) is 11.2. The van der Waals surface area contributed by atoms with Crippen molar-refractivity contribution in [3.8, 4) is 0 Å². The van der Waals surface area contributed by atoms with Gasteiger partial charge in [0, 0.05) is 17.9 Å². The molecule has 0 spiro atoms. The lowest BCUT2D eigenvalue weighted by Crippen LogP contribution is -2.34. The van der Waals surface area contributed by atoms with Gasteiger partial charge in [0.15, 0.2) is 0 Å². The third-order valence-electron chi connectivity index (χ3n) is 3.89. The van der Waals surface area contributed by atoms with Crippen molar-refractivity contribution in [3.05, 3.63) is 0 Å². The van der Waals surface area contributed by atoms with Gasteiger partial charge in [-0.3, -0.25) is 0 Å². The van der Waals surface area contributed by atoms with Crippen molar-refractivity contribution in [1.82, 2.24) is 5.32 Å². The Morgan fingerprint density at radius 2 is 2.19 bits per heavy atom. The highest BCUT2D eigenvalue weighted by Crippen LogP contribution is 2.28. The molecule has 3 atom stereocenters. The first-order valence-corrected chi connectivity index (χ1v) is 8.06. The van der Waals surface area contributed by atoms with Crippen LogP contribution in [0.4, 0.5) is 0 Å². The molecule has 2 rings (SSSR count). The zero-order valence-corrected chi connectivity index (χ0v) is 11.2. The molecular weight excluding hydrogens is 218 g/mol. The van der Waals surface area contributed by atoms with Crippen molar-refractivity contribution in [2.75, 3.05) is 19.4 Å². The maximum Gasteiger partial charge on any atom is 0.0576 e. The number of ether oxygens (including phenoxy) is 1. The number of hydrogen-bond acceptors (Lipinski definition) is 3. The van der Waals surface area contributed by atoms with Crippen molar-refractivity contribution in [2.45, 2.75) is 62.3 Å². The van der Waals surface area contributed by atoms with Gasteiger partial charge in [-0.2, -0.15) is 11.8 Å². The molecule has 3 heteroatoms. The lowest BCUT2D eigenvalue weighted by molar-refractivity contribution is 0.102. The second kappa shape index (κ2) is 6.87. The fourth-order valence-corrected chi connectivity index (χ4v) is 3.89. The molecule has 0 bridgehead atoms. The molecule has 2 aliphatic rings. The summed E-state index contributed by atoms with van der Waals surface area (Å²) in [5.74, 6) is 0. The predicted molar refractivity (Wildman–Crippen MR) is 71.2 cm³/mol. The second-order valence-electron chi connectivity index (χ2n) is 5.04. The second-order valence-corrected chi connectivity index (χ2v) is 6.12. The molecule has 0 radical (unpaired) electrons. The minimum Gasteiger partial charge on any atom is -0.378 e. The molecule has 3 unspecified atom stereocenters. The Morgan fingerprint density at radius 3 is 2.94 bits per heavy atom. The first kappa shape index (κ1) is 12.7. The molecule has 1 aliphatic heterocycles. The highest BCUT2D eigenvalue weighted by molar-refractivity contribution is 7.99. The fraction of sp³-hybridized carbons (Fsp3) is 1.00. The molecule has 94 valence electrons. The van der Waals surface area contributed by atoms with E-state index in [2.05, 4.69) is 11.6 Å². The van der Waals surface area contributed by atoms with Gasteiger partial charge in [0.05, 0.1) is 6.10 Å². The fourth-order valence-electron chi connectivity index (χ4n) is 2.93. The minimum absolute atomic E-state index is 0.571. The van der Waals surface area contributed by atoms with Crippen molar-refractivity contribution in [1.29, 1.82) is 0 Å². The Morgan fingerprint density at radius 1 is 1.25 bits per heavy atom. The number of thioether (sulfide) groups is 1. The summed E-state index contributed by atoms with van der Waals surface area (Å²) in [5.41, 5.74) is 0. The van der Waals surface area contributed by atoms with Gasteiger partial charge in [0.25, 0.3) is 0 Å². The highest BCUT2D eigenvalue weighted by Gasteiger charge is 2.25. The standard InChI is InChI=1S/C13H25NOS/c1-16-13-8-2-7-12(13)14-9-3-5-11-6-4-10-15-11/h11-14H,2-10H2,1H3. The minimum atomic E-state index is 0.571. The number of hydrogen-bond donors (Lipinski definition) is 1. The van der Waals surface area contributed by atoms with Gasteiger partial charge < -0.3 is 10.1 Å². The first-order chi connectivity index (χ1) is 7.90. The van der Waals surface area contributed by atoms with Crippen molar-refractivity contribution >= 4 is 11.8 Å². The van der Waals surface area contributed by atoms with Gasteiger partial charge in [-0.1, -0.05) is 6.42 Å². The molecule has 0 aromatic rings. The smallest absolute Gasteiger partial charge is 0.0576 e. The van der Waals surface area contributed by atoms with Gasteiger partial charge >= 0.3 is 0 Å². The molecule has 1 saturated carbocycles. The molecule has 0 amide bonds. The molecule has 1 N–H and O–H groups in total. The van der Waals surface area contributed by atoms with E-state index in [1.807, 2.05) is 11.8 Å². The van der Waals surface area contributed by atoms with E-state index >= 15 is 0 Å². The van der Waals surface area contributed by atoms with Crippen LogP contribution in [-0.4, -0.2) is 36.8 Å². The van der Waals surface area contributed by atoms with E-state index in [0.29, 0.717) is 6.10 Å². The van der Waals surface area contributed by atoms with Crippen LogP contribution < -0.4 is 5.32 Å². The zero-order valence-electron chi connectivity index (χ0n) is 10.4. The topological polar surface area (TPSA) is 21.3 Å². The van der Waals surface area contributed by atoms with Gasteiger partial charge in [0.1, 0.15) is 0 Å². The van der Waals surface area contributed by atoms with Gasteiger partial charge in [-0.05, 0) is 51.3 Å². The lowest BCUT2D eigenvalue weighted by atomic mass is 10.1. The van der Waals surface area contributed by atoms with E-state index < -0.39 is 0 Å². The van der Waals surface area contributed by atoms with Crippen LogP contribution in [0.2, 0.25) is 0 Å². The number of rotatable bonds is 6. The van der Waals surface area contributed by atoms with Crippen molar-refractivity contribution in [2.24, 2.45) is 0 Å². The normalized spacial score (nSPS) is 34.7. The van der Waals surface area contributed by atoms with Gasteiger partial charge in [-0.25, -0.2) is 0 Å². The SMILES string of the molecule is CSC1CCCC1NCCCC1CCCO1. The molecule has 1 saturated heterocycles. The van der Waals surface area contributed by atoms with Crippen LogP contribution in [0.15, 0.2) is 0 Å². The summed E-state index contributed by atoms with van der Waals surface area (Å²) in [6, 6.07) is 0.777. The number of nitrogens with one attached hydrogen (secondary N) is 1. The van der Waals surface area contributed by atoms with Gasteiger partial charge in [0.2, 0.25) is 0 Å². The summed E-state index contributed by atoms with van der Waals surface area (Å²) >= 11 is 2.04. The molecule has 2 fully saturated rings. The summed E-state index contributed by atoms with van der Waals surface area (Å²) in [7, 11) is 0. The van der Waals surface area contributed by atoms with Crippen LogP contribution >= 0.6 is 11.8 Å². The average molecular weight is 243 g/mol. The predicted octanol–water partition coefficient (Wildman–Crippen LogP) is 2.82. The average Bonchev–Trinajstić information content (AvgIpc) is 2.95. The van der Waals surface area contributed by atoms with Crippen molar-refractivity contribution < 1.29 is 4.74 Å².